The first-order valence-corrected chi connectivity index (χ1v) is 9.14. The van der Waals surface area contributed by atoms with E-state index in [2.05, 4.69) is 58.9 Å². The van der Waals surface area contributed by atoms with E-state index >= 15 is 0 Å². The summed E-state index contributed by atoms with van der Waals surface area (Å²) in [4.78, 5) is 1.44. The van der Waals surface area contributed by atoms with Crippen LogP contribution in [0.15, 0.2) is 30.3 Å². The highest BCUT2D eigenvalue weighted by Gasteiger charge is 2.26. The van der Waals surface area contributed by atoms with Crippen LogP contribution in [0.3, 0.4) is 0 Å². The Bertz CT molecular complexity index is 864. The fraction of sp³-hybridized carbons (Fsp3) is 0.368. The molecule has 4 rings (SSSR count). The molecular formula is C19H21N3OS. The maximum atomic E-state index is 5.92. The predicted octanol–water partition coefficient (Wildman–Crippen LogP) is 4.38. The molecule has 1 aliphatic rings. The highest BCUT2D eigenvalue weighted by atomic mass is 32.1. The minimum Gasteiger partial charge on any atom is -0.369 e. The molecule has 2 aromatic heterocycles. The third-order valence-electron chi connectivity index (χ3n) is 4.45. The van der Waals surface area contributed by atoms with Gasteiger partial charge in [0, 0.05) is 10.4 Å². The van der Waals surface area contributed by atoms with Crippen LogP contribution in [-0.2, 0) is 24.4 Å². The van der Waals surface area contributed by atoms with Gasteiger partial charge in [0.05, 0.1) is 6.61 Å². The number of hydrogen-bond donors (Lipinski definition) is 0. The number of ether oxygens (including phenoxy) is 1. The Kier molecular flexibility index (Phi) is 3.98. The molecule has 0 radical (unpaired) electrons. The second kappa shape index (κ2) is 6.15. The van der Waals surface area contributed by atoms with Crippen LogP contribution in [0.25, 0.3) is 5.00 Å². The van der Waals surface area contributed by atoms with Crippen LogP contribution >= 0.6 is 11.3 Å². The summed E-state index contributed by atoms with van der Waals surface area (Å²) < 4.78 is 8.09. The number of rotatable bonds is 3. The molecule has 124 valence electrons. The number of fused-ring (bicyclic) bond motifs is 3. The van der Waals surface area contributed by atoms with Crippen molar-refractivity contribution in [2.45, 2.75) is 46.3 Å². The maximum Gasteiger partial charge on any atom is 0.164 e. The molecular weight excluding hydrogens is 318 g/mol. The number of aryl methyl sites for hydroxylation is 1. The van der Waals surface area contributed by atoms with Gasteiger partial charge in [0.2, 0.25) is 0 Å². The maximum absolute atomic E-state index is 5.92. The molecule has 0 N–H and O–H groups in total. The molecule has 0 atom stereocenters. The second-order valence-electron chi connectivity index (χ2n) is 6.54. The molecule has 4 nitrogen and oxygen atoms in total. The summed E-state index contributed by atoms with van der Waals surface area (Å²) >= 11 is 1.87. The molecule has 0 unspecified atom stereocenters. The van der Waals surface area contributed by atoms with Crippen molar-refractivity contribution in [2.24, 2.45) is 0 Å². The monoisotopic (exact) mass is 339 g/mol. The van der Waals surface area contributed by atoms with Gasteiger partial charge in [0.25, 0.3) is 0 Å². The van der Waals surface area contributed by atoms with Crippen LogP contribution in [-0.4, -0.2) is 14.8 Å². The summed E-state index contributed by atoms with van der Waals surface area (Å²) in [6.45, 7) is 7.70. The molecule has 3 aromatic rings. The van der Waals surface area contributed by atoms with Crippen molar-refractivity contribution in [3.05, 3.63) is 63.5 Å². The van der Waals surface area contributed by atoms with Crippen molar-refractivity contribution in [3.63, 3.8) is 0 Å². The van der Waals surface area contributed by atoms with Crippen molar-refractivity contribution in [2.75, 3.05) is 0 Å². The Morgan fingerprint density at radius 3 is 2.71 bits per heavy atom. The fourth-order valence-corrected chi connectivity index (χ4v) is 4.70. The molecule has 0 saturated heterocycles. The summed E-state index contributed by atoms with van der Waals surface area (Å²) in [6, 6.07) is 10.7. The van der Waals surface area contributed by atoms with Crippen LogP contribution < -0.4 is 0 Å². The van der Waals surface area contributed by atoms with E-state index < -0.39 is 0 Å². The van der Waals surface area contributed by atoms with Crippen LogP contribution in [0.1, 0.15) is 53.0 Å². The van der Waals surface area contributed by atoms with Crippen molar-refractivity contribution < 1.29 is 4.74 Å². The van der Waals surface area contributed by atoms with Gasteiger partial charge in [0.1, 0.15) is 17.4 Å². The lowest BCUT2D eigenvalue weighted by molar-refractivity contribution is 0.104. The third-order valence-corrected chi connectivity index (χ3v) is 6.01. The third kappa shape index (κ3) is 2.58. The second-order valence-corrected chi connectivity index (χ2v) is 7.57. The van der Waals surface area contributed by atoms with Gasteiger partial charge in [-0.3, -0.25) is 4.57 Å². The lowest BCUT2D eigenvalue weighted by atomic mass is 9.97. The molecule has 0 saturated carbocycles. The van der Waals surface area contributed by atoms with Crippen molar-refractivity contribution >= 4 is 11.3 Å². The van der Waals surface area contributed by atoms with Gasteiger partial charge in [-0.25, -0.2) is 0 Å². The topological polar surface area (TPSA) is 39.9 Å². The van der Waals surface area contributed by atoms with E-state index in [0.717, 1.165) is 18.1 Å². The molecule has 5 heteroatoms. The first-order chi connectivity index (χ1) is 11.6. The highest BCUT2D eigenvalue weighted by molar-refractivity contribution is 7.15. The molecule has 0 fully saturated rings. The minimum absolute atomic E-state index is 0.487. The number of thiophene rings is 1. The Balaban J connectivity index is 1.89. The number of aromatic nitrogens is 3. The standard InChI is InChI=1S/C19H21N3OS/c1-12(2)18-15(9-14-7-5-4-6-8-14)16-10-23-11-17-21-20-13(3)22(17)19(16)24-18/h4-8,12H,9-11H2,1-3H3. The SMILES string of the molecule is Cc1nnc2n1-c1sc(C(C)C)c(Cc3ccccc3)c1COC2. The van der Waals surface area contributed by atoms with Gasteiger partial charge in [-0.1, -0.05) is 44.2 Å². The summed E-state index contributed by atoms with van der Waals surface area (Å²) in [5.41, 5.74) is 4.05. The number of benzene rings is 1. The quantitative estimate of drug-likeness (QED) is 0.711. The normalized spacial score (nSPS) is 13.7. The Morgan fingerprint density at radius 2 is 1.96 bits per heavy atom. The zero-order chi connectivity index (χ0) is 16.7. The molecule has 24 heavy (non-hydrogen) atoms. The van der Waals surface area contributed by atoms with Gasteiger partial charge >= 0.3 is 0 Å². The smallest absolute Gasteiger partial charge is 0.164 e. The van der Waals surface area contributed by atoms with E-state index in [-0.39, 0.29) is 0 Å². The molecule has 0 amide bonds. The summed E-state index contributed by atoms with van der Waals surface area (Å²) in [5.74, 6) is 2.31. The van der Waals surface area contributed by atoms with Crippen molar-refractivity contribution in [1.82, 2.24) is 14.8 Å². The molecule has 1 aromatic carbocycles. The largest absolute Gasteiger partial charge is 0.369 e. The Morgan fingerprint density at radius 1 is 1.17 bits per heavy atom. The van der Waals surface area contributed by atoms with Crippen molar-refractivity contribution in [3.8, 4) is 5.00 Å². The first kappa shape index (κ1) is 15.5. The van der Waals surface area contributed by atoms with E-state index in [1.807, 2.05) is 18.3 Å². The fourth-order valence-electron chi connectivity index (χ4n) is 3.30. The highest BCUT2D eigenvalue weighted by Crippen LogP contribution is 2.40. The van der Waals surface area contributed by atoms with E-state index in [4.69, 9.17) is 4.74 Å². The zero-order valence-corrected chi connectivity index (χ0v) is 15.1. The predicted molar refractivity (Wildman–Crippen MR) is 95.8 cm³/mol. The lowest BCUT2D eigenvalue weighted by Gasteiger charge is -2.10. The molecule has 3 heterocycles. The van der Waals surface area contributed by atoms with E-state index in [1.165, 1.54) is 26.6 Å². The van der Waals surface area contributed by atoms with Crippen LogP contribution in [0, 0.1) is 6.92 Å². The zero-order valence-electron chi connectivity index (χ0n) is 14.2. The van der Waals surface area contributed by atoms with E-state index in [1.54, 1.807) is 0 Å². The van der Waals surface area contributed by atoms with Gasteiger partial charge in [-0.05, 0) is 30.4 Å². The average molecular weight is 339 g/mol. The van der Waals surface area contributed by atoms with Gasteiger partial charge in [0.15, 0.2) is 5.82 Å². The Hall–Kier alpha value is -1.98. The van der Waals surface area contributed by atoms with Crippen LogP contribution in [0.5, 0.6) is 0 Å². The number of hydrogen-bond acceptors (Lipinski definition) is 4. The van der Waals surface area contributed by atoms with Gasteiger partial charge < -0.3 is 4.74 Å². The summed E-state index contributed by atoms with van der Waals surface area (Å²) in [7, 11) is 0. The number of nitrogens with zero attached hydrogens (tertiary/aromatic N) is 3. The van der Waals surface area contributed by atoms with Crippen LogP contribution in [0.2, 0.25) is 0 Å². The first-order valence-electron chi connectivity index (χ1n) is 8.32. The van der Waals surface area contributed by atoms with Gasteiger partial charge in [-0.15, -0.1) is 21.5 Å². The average Bonchev–Trinajstić information content (AvgIpc) is 3.04. The lowest BCUT2D eigenvalue weighted by Crippen LogP contribution is -2.01. The summed E-state index contributed by atoms with van der Waals surface area (Å²) in [5, 5.41) is 9.76. The van der Waals surface area contributed by atoms with Crippen LogP contribution in [0.4, 0.5) is 0 Å². The molecule has 0 aliphatic carbocycles. The van der Waals surface area contributed by atoms with Gasteiger partial charge in [-0.2, -0.15) is 0 Å². The molecule has 0 bridgehead atoms. The van der Waals surface area contributed by atoms with E-state index in [0.29, 0.717) is 19.1 Å². The summed E-state index contributed by atoms with van der Waals surface area (Å²) in [6.07, 6.45) is 0.944. The Labute approximate surface area is 146 Å². The van der Waals surface area contributed by atoms with Crippen molar-refractivity contribution in [1.29, 1.82) is 0 Å². The molecule has 1 aliphatic heterocycles. The van der Waals surface area contributed by atoms with E-state index in [9.17, 15) is 0 Å². The minimum atomic E-state index is 0.487. The molecule has 0 spiro atoms.